The van der Waals surface area contributed by atoms with Gasteiger partial charge in [-0.3, -0.25) is 10.1 Å². The molecular weight excluding hydrogens is 469 g/mol. The van der Waals surface area contributed by atoms with Crippen molar-refractivity contribution in [2.75, 3.05) is 12.4 Å². The standard InChI is InChI=1S/C19H16BrF3N4O3/c1-9(11-4-12(19(21,22)23)6-13(5-11)27(28)29)24-18-14-7-15(20)17(30-3)8-16(14)25-10(2)26-18/h4-9H,1-3H3,(H,24,25,26). The van der Waals surface area contributed by atoms with Crippen molar-refractivity contribution in [2.24, 2.45) is 0 Å². The Morgan fingerprint density at radius 3 is 2.50 bits per heavy atom. The largest absolute Gasteiger partial charge is 0.495 e. The smallest absolute Gasteiger partial charge is 0.416 e. The van der Waals surface area contributed by atoms with Crippen LogP contribution in [-0.2, 0) is 6.18 Å². The van der Waals surface area contributed by atoms with Crippen molar-refractivity contribution < 1.29 is 22.8 Å². The highest BCUT2D eigenvalue weighted by molar-refractivity contribution is 9.10. The van der Waals surface area contributed by atoms with Crippen molar-refractivity contribution in [1.82, 2.24) is 9.97 Å². The SMILES string of the molecule is COc1cc2nc(C)nc(NC(C)c3cc([N+](=O)[O-])cc(C(F)(F)F)c3)c2cc1Br. The van der Waals surface area contributed by atoms with Crippen LogP contribution in [0.15, 0.2) is 34.8 Å². The lowest BCUT2D eigenvalue weighted by atomic mass is 10.0. The van der Waals surface area contributed by atoms with E-state index in [9.17, 15) is 23.3 Å². The molecule has 0 saturated heterocycles. The topological polar surface area (TPSA) is 90.2 Å². The van der Waals surface area contributed by atoms with Gasteiger partial charge in [-0.1, -0.05) is 0 Å². The third kappa shape index (κ3) is 4.45. The number of alkyl halides is 3. The van der Waals surface area contributed by atoms with Gasteiger partial charge in [0.15, 0.2) is 0 Å². The van der Waals surface area contributed by atoms with Crippen molar-refractivity contribution >= 4 is 38.3 Å². The number of hydrogen-bond donors (Lipinski definition) is 1. The van der Waals surface area contributed by atoms with Gasteiger partial charge >= 0.3 is 6.18 Å². The highest BCUT2D eigenvalue weighted by Gasteiger charge is 2.33. The maximum absolute atomic E-state index is 13.2. The summed E-state index contributed by atoms with van der Waals surface area (Å²) in [5.74, 6) is 1.39. The van der Waals surface area contributed by atoms with Crippen LogP contribution in [0.1, 0.15) is 29.9 Å². The van der Waals surface area contributed by atoms with E-state index < -0.39 is 28.4 Å². The van der Waals surface area contributed by atoms with Gasteiger partial charge in [0.25, 0.3) is 5.69 Å². The van der Waals surface area contributed by atoms with Gasteiger partial charge in [0.1, 0.15) is 17.4 Å². The quantitative estimate of drug-likeness (QED) is 0.363. The molecule has 3 rings (SSSR count). The number of rotatable bonds is 5. The number of methoxy groups -OCH3 is 1. The van der Waals surface area contributed by atoms with E-state index in [0.717, 1.165) is 12.1 Å². The summed E-state index contributed by atoms with van der Waals surface area (Å²) < 4.78 is 45.5. The Labute approximate surface area is 177 Å². The van der Waals surface area contributed by atoms with Gasteiger partial charge in [-0.2, -0.15) is 13.2 Å². The summed E-state index contributed by atoms with van der Waals surface area (Å²) in [5.41, 5.74) is -1.04. The van der Waals surface area contributed by atoms with Crippen LogP contribution in [0.2, 0.25) is 0 Å². The first-order valence-electron chi connectivity index (χ1n) is 8.64. The fourth-order valence-corrected chi connectivity index (χ4v) is 3.46. The second-order valence-corrected chi connectivity index (χ2v) is 7.41. The molecule has 11 heteroatoms. The van der Waals surface area contributed by atoms with Crippen molar-refractivity contribution in [3.63, 3.8) is 0 Å². The van der Waals surface area contributed by atoms with Crippen molar-refractivity contribution in [3.05, 3.63) is 61.9 Å². The minimum atomic E-state index is -4.71. The Bertz CT molecular complexity index is 1140. The summed E-state index contributed by atoms with van der Waals surface area (Å²) in [6, 6.07) is 5.26. The molecule has 0 aliphatic heterocycles. The Morgan fingerprint density at radius 1 is 1.20 bits per heavy atom. The summed E-state index contributed by atoms with van der Waals surface area (Å²) in [6.45, 7) is 3.28. The van der Waals surface area contributed by atoms with E-state index in [-0.39, 0.29) is 5.56 Å². The number of ether oxygens (including phenoxy) is 1. The number of nitro groups is 1. The molecule has 1 N–H and O–H groups in total. The van der Waals surface area contributed by atoms with Crippen LogP contribution < -0.4 is 10.1 Å². The Kier molecular flexibility index (Phi) is 5.84. The minimum Gasteiger partial charge on any atom is -0.495 e. The molecule has 0 fully saturated rings. The molecule has 0 saturated carbocycles. The molecule has 1 atom stereocenters. The van der Waals surface area contributed by atoms with Gasteiger partial charge in [-0.25, -0.2) is 9.97 Å². The molecule has 3 aromatic rings. The number of benzene rings is 2. The summed E-state index contributed by atoms with van der Waals surface area (Å²) in [6.07, 6.45) is -4.71. The Morgan fingerprint density at radius 2 is 1.90 bits per heavy atom. The van der Waals surface area contributed by atoms with Crippen LogP contribution in [0.3, 0.4) is 0 Å². The molecule has 0 radical (unpaired) electrons. The van der Waals surface area contributed by atoms with Crippen molar-refractivity contribution in [3.8, 4) is 5.75 Å². The molecule has 1 unspecified atom stereocenters. The predicted octanol–water partition coefficient (Wildman–Crippen LogP) is 5.81. The van der Waals surface area contributed by atoms with E-state index in [2.05, 4.69) is 31.2 Å². The van der Waals surface area contributed by atoms with Crippen LogP contribution in [0.25, 0.3) is 10.9 Å². The number of nitrogens with zero attached hydrogens (tertiary/aromatic N) is 3. The van der Waals surface area contributed by atoms with Gasteiger partial charge in [0.2, 0.25) is 0 Å². The molecule has 0 amide bonds. The van der Waals surface area contributed by atoms with E-state index in [1.807, 2.05) is 0 Å². The normalized spacial score (nSPS) is 12.6. The molecular formula is C19H16BrF3N4O3. The zero-order chi connectivity index (χ0) is 22.2. The number of nitrogens with one attached hydrogen (secondary N) is 1. The lowest BCUT2D eigenvalue weighted by Crippen LogP contribution is -2.12. The Hall–Kier alpha value is -2.95. The van der Waals surface area contributed by atoms with Gasteiger partial charge in [-0.15, -0.1) is 0 Å². The first-order chi connectivity index (χ1) is 14.0. The van der Waals surface area contributed by atoms with Gasteiger partial charge < -0.3 is 10.1 Å². The van der Waals surface area contributed by atoms with Crippen LogP contribution >= 0.6 is 15.9 Å². The number of aromatic nitrogens is 2. The fourth-order valence-electron chi connectivity index (χ4n) is 2.95. The van der Waals surface area contributed by atoms with E-state index in [1.165, 1.54) is 7.11 Å². The monoisotopic (exact) mass is 484 g/mol. The van der Waals surface area contributed by atoms with Gasteiger partial charge in [0.05, 0.1) is 33.6 Å². The summed E-state index contributed by atoms with van der Waals surface area (Å²) in [7, 11) is 1.52. The minimum absolute atomic E-state index is 0.105. The van der Waals surface area contributed by atoms with Crippen LogP contribution in [0, 0.1) is 17.0 Å². The predicted molar refractivity (Wildman–Crippen MR) is 109 cm³/mol. The van der Waals surface area contributed by atoms with E-state index in [1.54, 1.807) is 26.0 Å². The average molecular weight is 485 g/mol. The molecule has 2 aromatic carbocycles. The third-order valence-corrected chi connectivity index (χ3v) is 5.03. The molecule has 0 spiro atoms. The molecule has 1 heterocycles. The zero-order valence-corrected chi connectivity index (χ0v) is 17.6. The van der Waals surface area contributed by atoms with Crippen LogP contribution in [-0.4, -0.2) is 22.0 Å². The van der Waals surface area contributed by atoms with Crippen LogP contribution in [0.4, 0.5) is 24.7 Å². The molecule has 1 aromatic heterocycles. The highest BCUT2D eigenvalue weighted by Crippen LogP contribution is 2.36. The molecule has 7 nitrogen and oxygen atoms in total. The lowest BCUT2D eigenvalue weighted by Gasteiger charge is -2.18. The lowest BCUT2D eigenvalue weighted by molar-refractivity contribution is -0.385. The molecule has 0 aliphatic carbocycles. The van der Waals surface area contributed by atoms with E-state index in [4.69, 9.17) is 4.74 Å². The number of non-ortho nitro benzene ring substituents is 1. The molecule has 0 aliphatic rings. The summed E-state index contributed by atoms with van der Waals surface area (Å²) in [5, 5.41) is 14.8. The van der Waals surface area contributed by atoms with E-state index >= 15 is 0 Å². The van der Waals surface area contributed by atoms with Crippen molar-refractivity contribution in [2.45, 2.75) is 26.1 Å². The van der Waals surface area contributed by atoms with Crippen molar-refractivity contribution in [1.29, 1.82) is 0 Å². The second-order valence-electron chi connectivity index (χ2n) is 6.56. The Balaban J connectivity index is 2.07. The molecule has 0 bridgehead atoms. The number of aryl methyl sites for hydroxylation is 1. The van der Waals surface area contributed by atoms with Gasteiger partial charge in [-0.05, 0) is 47.5 Å². The number of anilines is 1. The number of nitro benzene ring substituents is 1. The number of fused-ring (bicyclic) bond motifs is 1. The average Bonchev–Trinajstić information content (AvgIpc) is 2.66. The second kappa shape index (κ2) is 8.05. The van der Waals surface area contributed by atoms with Crippen LogP contribution in [0.5, 0.6) is 5.75 Å². The summed E-state index contributed by atoms with van der Waals surface area (Å²) >= 11 is 3.39. The molecule has 158 valence electrons. The maximum Gasteiger partial charge on any atom is 0.416 e. The van der Waals surface area contributed by atoms with Gasteiger partial charge in [0, 0.05) is 23.6 Å². The zero-order valence-electron chi connectivity index (χ0n) is 16.0. The highest BCUT2D eigenvalue weighted by atomic mass is 79.9. The fraction of sp³-hybridized carbons (Fsp3) is 0.263. The first kappa shape index (κ1) is 21.8. The number of hydrogen-bond acceptors (Lipinski definition) is 6. The first-order valence-corrected chi connectivity index (χ1v) is 9.44. The third-order valence-electron chi connectivity index (χ3n) is 4.41. The number of halogens is 4. The molecule has 30 heavy (non-hydrogen) atoms. The maximum atomic E-state index is 13.2. The van der Waals surface area contributed by atoms with E-state index in [0.29, 0.717) is 38.8 Å². The summed E-state index contributed by atoms with van der Waals surface area (Å²) in [4.78, 5) is 19.0.